The van der Waals surface area contributed by atoms with Gasteiger partial charge in [0.2, 0.25) is 5.91 Å². The quantitative estimate of drug-likeness (QED) is 0.693. The normalized spacial score (nSPS) is 18.9. The highest BCUT2D eigenvalue weighted by Gasteiger charge is 2.37. The molecule has 2 aliphatic heterocycles. The van der Waals surface area contributed by atoms with E-state index in [1.165, 1.54) is 0 Å². The number of hydrogen-bond donors (Lipinski definition) is 0. The summed E-state index contributed by atoms with van der Waals surface area (Å²) in [6.45, 7) is 4.99. The topological polar surface area (TPSA) is 66.9 Å². The Morgan fingerprint density at radius 2 is 2.00 bits per heavy atom. The highest BCUT2D eigenvalue weighted by atomic mass is 35.5. The van der Waals surface area contributed by atoms with Crippen LogP contribution in [0.15, 0.2) is 23.1 Å². The summed E-state index contributed by atoms with van der Waals surface area (Å²) in [7, 11) is 0. The lowest BCUT2D eigenvalue weighted by atomic mass is 10.2. The van der Waals surface area contributed by atoms with E-state index in [4.69, 9.17) is 16.3 Å². The number of rotatable bonds is 5. The van der Waals surface area contributed by atoms with Crippen molar-refractivity contribution in [2.75, 3.05) is 19.6 Å². The van der Waals surface area contributed by atoms with Crippen LogP contribution in [0.25, 0.3) is 6.08 Å². The lowest BCUT2D eigenvalue weighted by Crippen LogP contribution is -2.40. The van der Waals surface area contributed by atoms with E-state index in [1.54, 1.807) is 29.2 Å². The van der Waals surface area contributed by atoms with Gasteiger partial charge in [0, 0.05) is 13.1 Å². The Kier molecular flexibility index (Phi) is 6.11. The first-order valence-corrected chi connectivity index (χ1v) is 10.0. The van der Waals surface area contributed by atoms with Gasteiger partial charge in [0.1, 0.15) is 12.3 Å². The predicted molar refractivity (Wildman–Crippen MR) is 106 cm³/mol. The molecule has 0 bridgehead atoms. The summed E-state index contributed by atoms with van der Waals surface area (Å²) < 4.78 is 5.59. The van der Waals surface area contributed by atoms with Crippen molar-refractivity contribution in [2.45, 2.75) is 32.8 Å². The molecule has 2 aliphatic rings. The third-order valence-corrected chi connectivity index (χ3v) is 5.44. The molecule has 8 heteroatoms. The molecule has 0 saturated carbocycles. The summed E-state index contributed by atoms with van der Waals surface area (Å²) in [4.78, 5) is 40.0. The van der Waals surface area contributed by atoms with Crippen molar-refractivity contribution in [1.29, 1.82) is 0 Å². The largest absolute Gasteiger partial charge is 0.489 e. The summed E-state index contributed by atoms with van der Waals surface area (Å²) in [6.07, 6.45) is 3.53. The average Bonchev–Trinajstić information content (AvgIpc) is 3.22. The number of thioether (sulfide) groups is 1. The number of nitrogens with zero attached hydrogens (tertiary/aromatic N) is 2. The van der Waals surface area contributed by atoms with Crippen LogP contribution in [0, 0.1) is 0 Å². The summed E-state index contributed by atoms with van der Waals surface area (Å²) >= 11 is 7.06. The first-order chi connectivity index (χ1) is 12.8. The Balaban J connectivity index is 1.72. The minimum Gasteiger partial charge on any atom is -0.489 e. The first-order valence-electron chi connectivity index (χ1n) is 8.84. The maximum absolute atomic E-state index is 12.6. The number of imide groups is 1. The molecule has 3 rings (SSSR count). The lowest BCUT2D eigenvalue weighted by molar-refractivity contribution is -0.135. The molecule has 0 N–H and O–H groups in total. The van der Waals surface area contributed by atoms with E-state index in [1.807, 2.05) is 13.8 Å². The molecular formula is C19H21ClN2O4S. The number of ether oxygens (including phenoxy) is 1. The van der Waals surface area contributed by atoms with Gasteiger partial charge < -0.3 is 9.64 Å². The molecule has 0 spiro atoms. The van der Waals surface area contributed by atoms with Crippen LogP contribution in [0.2, 0.25) is 5.02 Å². The van der Waals surface area contributed by atoms with E-state index < -0.39 is 11.1 Å². The molecule has 0 unspecified atom stereocenters. The molecule has 0 radical (unpaired) electrons. The van der Waals surface area contributed by atoms with E-state index in [0.717, 1.165) is 29.5 Å². The SMILES string of the molecule is CC(C)Oc1ccc(C=C2SC(=O)N(CC(=O)N3CCCC3)C2=O)cc1Cl. The van der Waals surface area contributed by atoms with Crippen LogP contribution < -0.4 is 4.74 Å². The Morgan fingerprint density at radius 1 is 1.30 bits per heavy atom. The number of carbonyl (C=O) groups excluding carboxylic acids is 3. The van der Waals surface area contributed by atoms with Crippen molar-refractivity contribution in [3.63, 3.8) is 0 Å². The molecular weight excluding hydrogens is 388 g/mol. The van der Waals surface area contributed by atoms with Gasteiger partial charge in [-0.15, -0.1) is 0 Å². The zero-order valence-corrected chi connectivity index (χ0v) is 16.8. The second-order valence-electron chi connectivity index (χ2n) is 6.71. The van der Waals surface area contributed by atoms with Crippen molar-refractivity contribution in [3.8, 4) is 5.75 Å². The Bertz CT molecular complexity index is 803. The van der Waals surface area contributed by atoms with Gasteiger partial charge >= 0.3 is 0 Å². The summed E-state index contributed by atoms with van der Waals surface area (Å²) in [5, 5.41) is 0.00513. The van der Waals surface area contributed by atoms with Gasteiger partial charge in [0.25, 0.3) is 11.1 Å². The van der Waals surface area contributed by atoms with E-state index >= 15 is 0 Å². The second kappa shape index (κ2) is 8.35. The van der Waals surface area contributed by atoms with Crippen molar-refractivity contribution in [2.24, 2.45) is 0 Å². The standard InChI is InChI=1S/C19H21ClN2O4S/c1-12(2)26-15-6-5-13(9-14(15)20)10-16-18(24)22(19(25)27-16)11-17(23)21-7-3-4-8-21/h5-6,9-10,12H,3-4,7-8,11H2,1-2H3. The third-order valence-electron chi connectivity index (χ3n) is 4.24. The molecule has 144 valence electrons. The second-order valence-corrected chi connectivity index (χ2v) is 8.11. The van der Waals surface area contributed by atoms with Crippen molar-refractivity contribution < 1.29 is 19.1 Å². The van der Waals surface area contributed by atoms with Gasteiger partial charge in [-0.25, -0.2) is 0 Å². The fourth-order valence-corrected chi connectivity index (χ4v) is 4.02. The first kappa shape index (κ1) is 19.8. The number of carbonyl (C=O) groups is 3. The molecule has 6 nitrogen and oxygen atoms in total. The van der Waals surface area contributed by atoms with Crippen LogP contribution in [-0.4, -0.2) is 52.6 Å². The summed E-state index contributed by atoms with van der Waals surface area (Å²) in [5.74, 6) is -0.0708. The van der Waals surface area contributed by atoms with Crippen LogP contribution in [0.4, 0.5) is 4.79 Å². The van der Waals surface area contributed by atoms with Gasteiger partial charge in [-0.05, 0) is 62.2 Å². The highest BCUT2D eigenvalue weighted by molar-refractivity contribution is 8.18. The molecule has 2 heterocycles. The molecule has 27 heavy (non-hydrogen) atoms. The molecule has 1 aromatic carbocycles. The van der Waals surface area contributed by atoms with E-state index in [2.05, 4.69) is 0 Å². The van der Waals surface area contributed by atoms with Crippen LogP contribution in [-0.2, 0) is 9.59 Å². The number of likely N-dealkylation sites (tertiary alicyclic amines) is 1. The van der Waals surface area contributed by atoms with Gasteiger partial charge in [0.15, 0.2) is 0 Å². The van der Waals surface area contributed by atoms with Crippen LogP contribution in [0.1, 0.15) is 32.3 Å². The number of halogens is 1. The lowest BCUT2D eigenvalue weighted by Gasteiger charge is -2.18. The van der Waals surface area contributed by atoms with Crippen LogP contribution >= 0.6 is 23.4 Å². The van der Waals surface area contributed by atoms with Crippen LogP contribution in [0.3, 0.4) is 0 Å². The Labute approximate surface area is 167 Å². The van der Waals surface area contributed by atoms with Gasteiger partial charge in [-0.3, -0.25) is 19.3 Å². The van der Waals surface area contributed by atoms with Crippen molar-refractivity contribution in [3.05, 3.63) is 33.7 Å². The van der Waals surface area contributed by atoms with E-state index in [9.17, 15) is 14.4 Å². The van der Waals surface area contributed by atoms with Gasteiger partial charge in [0.05, 0.1) is 16.0 Å². The van der Waals surface area contributed by atoms with Crippen molar-refractivity contribution in [1.82, 2.24) is 9.80 Å². The molecule has 2 fully saturated rings. The van der Waals surface area contributed by atoms with Crippen molar-refractivity contribution >= 4 is 46.5 Å². The fraction of sp³-hybridized carbons (Fsp3) is 0.421. The summed E-state index contributed by atoms with van der Waals surface area (Å²) in [5.41, 5.74) is 0.687. The molecule has 0 aromatic heterocycles. The van der Waals surface area contributed by atoms with E-state index in [-0.39, 0.29) is 23.5 Å². The number of hydrogen-bond acceptors (Lipinski definition) is 5. The molecule has 0 atom stereocenters. The molecule has 3 amide bonds. The monoisotopic (exact) mass is 408 g/mol. The van der Waals surface area contributed by atoms with Crippen LogP contribution in [0.5, 0.6) is 5.75 Å². The molecule has 1 aromatic rings. The zero-order valence-electron chi connectivity index (χ0n) is 15.2. The zero-order chi connectivity index (χ0) is 19.6. The van der Waals surface area contributed by atoms with Gasteiger partial charge in [-0.1, -0.05) is 17.7 Å². The average molecular weight is 409 g/mol. The number of amides is 3. The third kappa shape index (κ3) is 4.65. The van der Waals surface area contributed by atoms with E-state index in [0.29, 0.717) is 29.4 Å². The number of benzene rings is 1. The molecule has 2 saturated heterocycles. The predicted octanol–water partition coefficient (Wildman–Crippen LogP) is 3.79. The molecule has 0 aliphatic carbocycles. The minimum absolute atomic E-state index is 0.00186. The Morgan fingerprint density at radius 3 is 2.63 bits per heavy atom. The maximum atomic E-state index is 12.6. The Hall–Kier alpha value is -1.99. The fourth-order valence-electron chi connectivity index (χ4n) is 2.95. The van der Waals surface area contributed by atoms with Gasteiger partial charge in [-0.2, -0.15) is 0 Å². The maximum Gasteiger partial charge on any atom is 0.294 e. The smallest absolute Gasteiger partial charge is 0.294 e. The summed E-state index contributed by atoms with van der Waals surface area (Å²) in [6, 6.07) is 5.19. The minimum atomic E-state index is -0.448. The highest BCUT2D eigenvalue weighted by Crippen LogP contribution is 2.34.